The molecule has 1 atom stereocenters. The average molecular weight is 307 g/mol. The van der Waals surface area contributed by atoms with Crippen molar-refractivity contribution in [3.63, 3.8) is 0 Å². The smallest absolute Gasteiger partial charge is 0.251 e. The third-order valence-electron chi connectivity index (χ3n) is 3.38. The number of amides is 1. The fourth-order valence-corrected chi connectivity index (χ4v) is 2.23. The molecule has 1 aromatic heterocycles. The highest BCUT2D eigenvalue weighted by Crippen LogP contribution is 2.09. The van der Waals surface area contributed by atoms with Gasteiger partial charge in [0.25, 0.3) is 5.91 Å². The Morgan fingerprint density at radius 2 is 2.00 bits per heavy atom. The molecule has 6 heteroatoms. The summed E-state index contributed by atoms with van der Waals surface area (Å²) in [5, 5.41) is 7.09. The van der Waals surface area contributed by atoms with Crippen LogP contribution in [0.5, 0.6) is 0 Å². The van der Waals surface area contributed by atoms with E-state index in [0.29, 0.717) is 13.1 Å². The fraction of sp³-hybridized carbons (Fsp3) is 0.375. The van der Waals surface area contributed by atoms with Gasteiger partial charge < -0.3 is 5.32 Å². The second-order valence-electron chi connectivity index (χ2n) is 5.55. The Kier molecular flexibility index (Phi) is 4.90. The molecular weight excluding hydrogens is 288 g/mol. The summed E-state index contributed by atoms with van der Waals surface area (Å²) in [5.41, 5.74) is 2.13. The molecule has 0 radical (unpaired) electrons. The van der Waals surface area contributed by atoms with Gasteiger partial charge in [0.15, 0.2) is 11.6 Å². The fourth-order valence-electron chi connectivity index (χ4n) is 2.23. The molecule has 0 bridgehead atoms. The Balaban J connectivity index is 1.90. The third-order valence-corrected chi connectivity index (χ3v) is 3.38. The normalized spacial score (nSPS) is 12.2. The van der Waals surface area contributed by atoms with Crippen molar-refractivity contribution in [1.29, 1.82) is 0 Å². The van der Waals surface area contributed by atoms with Crippen molar-refractivity contribution >= 4 is 5.91 Å². The quantitative estimate of drug-likeness (QED) is 0.923. The van der Waals surface area contributed by atoms with Gasteiger partial charge in [0.2, 0.25) is 0 Å². The molecule has 1 N–H and O–H groups in total. The molecule has 2 rings (SSSR count). The molecule has 0 aliphatic carbocycles. The number of hydrogen-bond donors (Lipinski definition) is 1. The zero-order valence-corrected chi connectivity index (χ0v) is 12.9. The lowest BCUT2D eigenvalue weighted by Crippen LogP contribution is -2.30. The number of hydrogen-bond acceptors (Lipinski definition) is 2. The maximum atomic E-state index is 13.1. The van der Waals surface area contributed by atoms with Crippen molar-refractivity contribution in [3.8, 4) is 0 Å². The van der Waals surface area contributed by atoms with Gasteiger partial charge in [-0.2, -0.15) is 5.10 Å². The van der Waals surface area contributed by atoms with Crippen LogP contribution in [0.4, 0.5) is 8.78 Å². The third kappa shape index (κ3) is 3.90. The van der Waals surface area contributed by atoms with Gasteiger partial charge in [-0.05, 0) is 44.0 Å². The van der Waals surface area contributed by atoms with Crippen LogP contribution in [0.15, 0.2) is 24.3 Å². The second kappa shape index (κ2) is 6.68. The van der Waals surface area contributed by atoms with Crippen molar-refractivity contribution in [1.82, 2.24) is 15.1 Å². The number of aromatic nitrogens is 2. The molecule has 1 heterocycles. The van der Waals surface area contributed by atoms with E-state index in [2.05, 4.69) is 10.4 Å². The van der Waals surface area contributed by atoms with E-state index in [9.17, 15) is 13.6 Å². The summed E-state index contributed by atoms with van der Waals surface area (Å²) in [7, 11) is 0. The number of nitrogens with zero attached hydrogens (tertiary/aromatic N) is 2. The van der Waals surface area contributed by atoms with Crippen molar-refractivity contribution in [2.75, 3.05) is 6.54 Å². The number of aryl methyl sites for hydroxylation is 2. The summed E-state index contributed by atoms with van der Waals surface area (Å²) < 4.78 is 27.8. The number of halogens is 2. The molecule has 4 nitrogen and oxygen atoms in total. The van der Waals surface area contributed by atoms with Crippen LogP contribution in [-0.4, -0.2) is 22.2 Å². The number of carbonyl (C=O) groups excluding carboxylic acids is 1. The zero-order chi connectivity index (χ0) is 16.3. The molecule has 0 saturated carbocycles. The van der Waals surface area contributed by atoms with E-state index in [-0.39, 0.29) is 11.5 Å². The van der Waals surface area contributed by atoms with Gasteiger partial charge in [-0.25, -0.2) is 8.78 Å². The van der Waals surface area contributed by atoms with Crippen LogP contribution in [0, 0.1) is 31.4 Å². The molecule has 1 amide bonds. The molecule has 0 aliphatic heterocycles. The van der Waals surface area contributed by atoms with E-state index in [4.69, 9.17) is 0 Å². The maximum absolute atomic E-state index is 13.1. The lowest BCUT2D eigenvalue weighted by molar-refractivity contribution is 0.0946. The average Bonchev–Trinajstić information content (AvgIpc) is 2.77. The summed E-state index contributed by atoms with van der Waals surface area (Å²) in [6.07, 6.45) is 0. The number of rotatable bonds is 5. The minimum absolute atomic E-state index is 0.109. The Hall–Kier alpha value is -2.24. The van der Waals surface area contributed by atoms with Gasteiger partial charge in [0, 0.05) is 24.3 Å². The van der Waals surface area contributed by atoms with E-state index < -0.39 is 17.5 Å². The first-order valence-corrected chi connectivity index (χ1v) is 7.11. The molecular formula is C16H19F2N3O. The summed E-state index contributed by atoms with van der Waals surface area (Å²) in [6, 6.07) is 5.10. The molecule has 0 unspecified atom stereocenters. The first kappa shape index (κ1) is 16.1. The predicted octanol–water partition coefficient (Wildman–Crippen LogP) is 2.84. The van der Waals surface area contributed by atoms with Crippen LogP contribution in [0.25, 0.3) is 0 Å². The highest BCUT2D eigenvalue weighted by atomic mass is 19.2. The lowest BCUT2D eigenvalue weighted by atomic mass is 10.1. The second-order valence-corrected chi connectivity index (χ2v) is 5.55. The molecule has 2 aromatic rings. The van der Waals surface area contributed by atoms with Gasteiger partial charge in [-0.3, -0.25) is 9.48 Å². The van der Waals surface area contributed by atoms with E-state index in [1.54, 1.807) is 0 Å². The molecule has 0 fully saturated rings. The van der Waals surface area contributed by atoms with Crippen LogP contribution in [-0.2, 0) is 6.54 Å². The molecule has 0 aliphatic rings. The Morgan fingerprint density at radius 1 is 1.27 bits per heavy atom. The van der Waals surface area contributed by atoms with Crippen molar-refractivity contribution < 1.29 is 13.6 Å². The molecule has 118 valence electrons. The highest BCUT2D eigenvalue weighted by molar-refractivity contribution is 5.94. The minimum Gasteiger partial charge on any atom is -0.352 e. The van der Waals surface area contributed by atoms with E-state index in [0.717, 1.165) is 23.5 Å². The molecule has 22 heavy (non-hydrogen) atoms. The van der Waals surface area contributed by atoms with Crippen LogP contribution >= 0.6 is 0 Å². The van der Waals surface area contributed by atoms with Crippen molar-refractivity contribution in [2.45, 2.75) is 27.3 Å². The summed E-state index contributed by atoms with van der Waals surface area (Å²) in [5.74, 6) is -2.25. The van der Waals surface area contributed by atoms with Crippen molar-refractivity contribution in [3.05, 3.63) is 52.9 Å². The first-order valence-electron chi connectivity index (χ1n) is 7.11. The highest BCUT2D eigenvalue weighted by Gasteiger charge is 2.12. The van der Waals surface area contributed by atoms with Gasteiger partial charge >= 0.3 is 0 Å². The first-order chi connectivity index (χ1) is 10.4. The molecule has 0 saturated heterocycles. The van der Waals surface area contributed by atoms with E-state index in [1.165, 1.54) is 6.07 Å². The summed E-state index contributed by atoms with van der Waals surface area (Å²) in [6.45, 7) is 7.00. The van der Waals surface area contributed by atoms with Gasteiger partial charge in [0.1, 0.15) is 0 Å². The predicted molar refractivity (Wildman–Crippen MR) is 79.6 cm³/mol. The SMILES string of the molecule is Cc1cc(C)n(C[C@@H](C)CNC(=O)c2ccc(F)c(F)c2)n1. The topological polar surface area (TPSA) is 46.9 Å². The Bertz CT molecular complexity index is 682. The van der Waals surface area contributed by atoms with Crippen LogP contribution < -0.4 is 5.32 Å². The summed E-state index contributed by atoms with van der Waals surface area (Å²) >= 11 is 0. The van der Waals surface area contributed by atoms with Gasteiger partial charge in [-0.1, -0.05) is 6.92 Å². The van der Waals surface area contributed by atoms with Gasteiger partial charge in [0.05, 0.1) is 5.69 Å². The van der Waals surface area contributed by atoms with Crippen LogP contribution in [0.3, 0.4) is 0 Å². The number of benzene rings is 1. The molecule has 1 aromatic carbocycles. The number of carbonyl (C=O) groups is 1. The monoisotopic (exact) mass is 307 g/mol. The largest absolute Gasteiger partial charge is 0.352 e. The summed E-state index contributed by atoms with van der Waals surface area (Å²) in [4.78, 5) is 11.9. The number of nitrogens with one attached hydrogen (secondary N) is 1. The van der Waals surface area contributed by atoms with Crippen LogP contribution in [0.2, 0.25) is 0 Å². The van der Waals surface area contributed by atoms with E-state index >= 15 is 0 Å². The maximum Gasteiger partial charge on any atom is 0.251 e. The van der Waals surface area contributed by atoms with Crippen molar-refractivity contribution in [2.24, 2.45) is 5.92 Å². The van der Waals surface area contributed by atoms with Gasteiger partial charge in [-0.15, -0.1) is 0 Å². The Morgan fingerprint density at radius 3 is 2.59 bits per heavy atom. The molecule has 0 spiro atoms. The lowest BCUT2D eigenvalue weighted by Gasteiger charge is -2.14. The standard InChI is InChI=1S/C16H19F2N3O/c1-10(9-21-12(3)6-11(2)20-21)8-19-16(22)13-4-5-14(17)15(18)7-13/h4-7,10H,8-9H2,1-3H3,(H,19,22)/t10-/m0/s1. The zero-order valence-electron chi connectivity index (χ0n) is 12.9. The minimum atomic E-state index is -1.02. The van der Waals surface area contributed by atoms with Crippen LogP contribution in [0.1, 0.15) is 28.7 Å². The van der Waals surface area contributed by atoms with E-state index in [1.807, 2.05) is 31.5 Å². The Labute approximate surface area is 128 Å².